The summed E-state index contributed by atoms with van der Waals surface area (Å²) >= 11 is 6.04. The van der Waals surface area contributed by atoms with E-state index in [-0.39, 0.29) is 11.7 Å². The third-order valence-corrected chi connectivity index (χ3v) is 4.30. The van der Waals surface area contributed by atoms with E-state index in [1.165, 1.54) is 0 Å². The zero-order chi connectivity index (χ0) is 16.9. The SMILES string of the molecule is O=C(CN1CCN(c2cccc(Cl)c2)CC1)Nc1ccc(O)cc1. The van der Waals surface area contributed by atoms with Crippen molar-refractivity contribution >= 4 is 28.9 Å². The molecule has 126 valence electrons. The second-order valence-corrected chi connectivity index (χ2v) is 6.27. The number of benzene rings is 2. The fraction of sp³-hybridized carbons (Fsp3) is 0.278. The van der Waals surface area contributed by atoms with E-state index in [0.29, 0.717) is 12.2 Å². The summed E-state index contributed by atoms with van der Waals surface area (Å²) < 4.78 is 0. The molecule has 0 aromatic heterocycles. The van der Waals surface area contributed by atoms with E-state index in [9.17, 15) is 9.90 Å². The monoisotopic (exact) mass is 345 g/mol. The second kappa shape index (κ2) is 7.55. The van der Waals surface area contributed by atoms with E-state index in [4.69, 9.17) is 11.6 Å². The van der Waals surface area contributed by atoms with Crippen LogP contribution in [0.25, 0.3) is 0 Å². The lowest BCUT2D eigenvalue weighted by Crippen LogP contribution is -2.48. The molecule has 2 N–H and O–H groups in total. The summed E-state index contributed by atoms with van der Waals surface area (Å²) in [5, 5.41) is 12.8. The standard InChI is InChI=1S/C18H20ClN3O2/c19-14-2-1-3-16(12-14)22-10-8-21(9-11-22)13-18(24)20-15-4-6-17(23)7-5-15/h1-7,12,23H,8-11,13H2,(H,20,24). The molecule has 0 spiro atoms. The number of carbonyl (C=O) groups is 1. The van der Waals surface area contributed by atoms with Gasteiger partial charge in [0.15, 0.2) is 0 Å². The number of carbonyl (C=O) groups excluding carboxylic acids is 1. The zero-order valence-electron chi connectivity index (χ0n) is 13.3. The third-order valence-electron chi connectivity index (χ3n) is 4.06. The molecule has 0 aliphatic carbocycles. The highest BCUT2D eigenvalue weighted by molar-refractivity contribution is 6.30. The van der Waals surface area contributed by atoms with Crippen molar-refractivity contribution in [1.82, 2.24) is 4.90 Å². The zero-order valence-corrected chi connectivity index (χ0v) is 14.0. The molecule has 2 aromatic rings. The van der Waals surface area contributed by atoms with Gasteiger partial charge in [-0.05, 0) is 42.5 Å². The van der Waals surface area contributed by atoms with E-state index in [0.717, 1.165) is 36.9 Å². The van der Waals surface area contributed by atoms with Gasteiger partial charge in [0.25, 0.3) is 0 Å². The average Bonchev–Trinajstić information content (AvgIpc) is 2.58. The van der Waals surface area contributed by atoms with Crippen LogP contribution in [0.4, 0.5) is 11.4 Å². The number of nitrogens with one attached hydrogen (secondary N) is 1. The predicted molar refractivity (Wildman–Crippen MR) is 96.8 cm³/mol. The van der Waals surface area contributed by atoms with Crippen LogP contribution in [0.15, 0.2) is 48.5 Å². The van der Waals surface area contributed by atoms with Crippen LogP contribution in [-0.4, -0.2) is 48.6 Å². The van der Waals surface area contributed by atoms with E-state index < -0.39 is 0 Å². The number of rotatable bonds is 4. The highest BCUT2D eigenvalue weighted by Gasteiger charge is 2.19. The molecular formula is C18H20ClN3O2. The Morgan fingerprint density at radius 2 is 1.79 bits per heavy atom. The van der Waals surface area contributed by atoms with Crippen LogP contribution in [0.3, 0.4) is 0 Å². The van der Waals surface area contributed by atoms with Gasteiger partial charge < -0.3 is 15.3 Å². The lowest BCUT2D eigenvalue weighted by molar-refractivity contribution is -0.117. The first-order valence-corrected chi connectivity index (χ1v) is 8.30. The minimum atomic E-state index is -0.0445. The Morgan fingerprint density at radius 1 is 1.08 bits per heavy atom. The molecule has 1 saturated heterocycles. The van der Waals surface area contributed by atoms with Gasteiger partial charge in [-0.1, -0.05) is 17.7 Å². The lowest BCUT2D eigenvalue weighted by Gasteiger charge is -2.35. The number of nitrogens with zero attached hydrogens (tertiary/aromatic N) is 2. The topological polar surface area (TPSA) is 55.8 Å². The van der Waals surface area contributed by atoms with Crippen molar-refractivity contribution in [3.8, 4) is 5.75 Å². The number of anilines is 2. The molecule has 1 fully saturated rings. The highest BCUT2D eigenvalue weighted by atomic mass is 35.5. The van der Waals surface area contributed by atoms with Crippen molar-refractivity contribution in [2.75, 3.05) is 42.9 Å². The van der Waals surface area contributed by atoms with Gasteiger partial charge >= 0.3 is 0 Å². The number of piperazine rings is 1. The van der Waals surface area contributed by atoms with E-state index in [1.807, 2.05) is 18.2 Å². The van der Waals surface area contributed by atoms with Crippen molar-refractivity contribution in [2.24, 2.45) is 0 Å². The van der Waals surface area contributed by atoms with E-state index in [2.05, 4.69) is 21.2 Å². The molecule has 0 bridgehead atoms. The van der Waals surface area contributed by atoms with Crippen LogP contribution < -0.4 is 10.2 Å². The summed E-state index contributed by atoms with van der Waals surface area (Å²) in [6.07, 6.45) is 0. The minimum Gasteiger partial charge on any atom is -0.508 e. The Morgan fingerprint density at radius 3 is 2.46 bits per heavy atom. The number of hydrogen-bond acceptors (Lipinski definition) is 4. The second-order valence-electron chi connectivity index (χ2n) is 5.84. The van der Waals surface area contributed by atoms with Crippen LogP contribution in [-0.2, 0) is 4.79 Å². The maximum Gasteiger partial charge on any atom is 0.238 e. The molecule has 1 amide bonds. The van der Waals surface area contributed by atoms with Crippen molar-refractivity contribution in [3.63, 3.8) is 0 Å². The number of amides is 1. The minimum absolute atomic E-state index is 0.0445. The molecule has 1 aliphatic rings. The largest absolute Gasteiger partial charge is 0.508 e. The third kappa shape index (κ3) is 4.40. The molecule has 0 unspecified atom stereocenters. The van der Waals surface area contributed by atoms with E-state index in [1.54, 1.807) is 24.3 Å². The fourth-order valence-corrected chi connectivity index (χ4v) is 2.97. The Bertz CT molecular complexity index is 698. The summed E-state index contributed by atoms with van der Waals surface area (Å²) in [6, 6.07) is 14.3. The first-order chi connectivity index (χ1) is 11.6. The Balaban J connectivity index is 1.48. The Kier molecular flexibility index (Phi) is 5.23. The quantitative estimate of drug-likeness (QED) is 0.837. The van der Waals surface area contributed by atoms with Gasteiger partial charge in [-0.3, -0.25) is 9.69 Å². The van der Waals surface area contributed by atoms with Gasteiger partial charge in [-0.2, -0.15) is 0 Å². The normalized spacial score (nSPS) is 15.3. The summed E-state index contributed by atoms with van der Waals surface area (Å²) in [5.74, 6) is 0.141. The van der Waals surface area contributed by atoms with Crippen LogP contribution in [0.5, 0.6) is 5.75 Å². The Hall–Kier alpha value is -2.24. The van der Waals surface area contributed by atoms with Crippen molar-refractivity contribution in [2.45, 2.75) is 0 Å². The number of phenolic OH excluding ortho intramolecular Hbond substituents is 1. The molecule has 0 radical (unpaired) electrons. The molecule has 2 aromatic carbocycles. The predicted octanol–water partition coefficient (Wildman–Crippen LogP) is 2.81. The Labute approximate surface area is 146 Å². The lowest BCUT2D eigenvalue weighted by atomic mass is 10.2. The summed E-state index contributed by atoms with van der Waals surface area (Å²) in [6.45, 7) is 3.76. The van der Waals surface area contributed by atoms with Gasteiger partial charge in [0.2, 0.25) is 5.91 Å². The van der Waals surface area contributed by atoms with Gasteiger partial charge in [0, 0.05) is 42.6 Å². The van der Waals surface area contributed by atoms with Crippen LogP contribution in [0, 0.1) is 0 Å². The smallest absolute Gasteiger partial charge is 0.238 e. The molecule has 6 heteroatoms. The summed E-state index contributed by atoms with van der Waals surface area (Å²) in [5.41, 5.74) is 1.81. The van der Waals surface area contributed by atoms with Crippen molar-refractivity contribution in [1.29, 1.82) is 0 Å². The van der Waals surface area contributed by atoms with Crippen LogP contribution in [0.2, 0.25) is 5.02 Å². The van der Waals surface area contributed by atoms with Gasteiger partial charge in [-0.15, -0.1) is 0 Å². The molecule has 0 atom stereocenters. The fourth-order valence-electron chi connectivity index (χ4n) is 2.79. The van der Waals surface area contributed by atoms with Crippen LogP contribution >= 0.6 is 11.6 Å². The molecule has 0 saturated carbocycles. The van der Waals surface area contributed by atoms with E-state index >= 15 is 0 Å². The maximum atomic E-state index is 12.1. The first kappa shape index (κ1) is 16.6. The number of phenols is 1. The molecular weight excluding hydrogens is 326 g/mol. The number of aromatic hydroxyl groups is 1. The van der Waals surface area contributed by atoms with Crippen molar-refractivity contribution in [3.05, 3.63) is 53.6 Å². The van der Waals surface area contributed by atoms with Crippen LogP contribution in [0.1, 0.15) is 0 Å². The molecule has 5 nitrogen and oxygen atoms in total. The molecule has 24 heavy (non-hydrogen) atoms. The summed E-state index contributed by atoms with van der Waals surface area (Å²) in [4.78, 5) is 16.5. The number of halogens is 1. The van der Waals surface area contributed by atoms with Gasteiger partial charge in [0.1, 0.15) is 5.75 Å². The maximum absolute atomic E-state index is 12.1. The average molecular weight is 346 g/mol. The molecule has 1 aliphatic heterocycles. The molecule has 1 heterocycles. The molecule has 3 rings (SSSR count). The summed E-state index contributed by atoms with van der Waals surface area (Å²) in [7, 11) is 0. The van der Waals surface area contributed by atoms with Gasteiger partial charge in [0.05, 0.1) is 6.54 Å². The highest BCUT2D eigenvalue weighted by Crippen LogP contribution is 2.20. The number of hydrogen-bond donors (Lipinski definition) is 2. The van der Waals surface area contributed by atoms with Crippen molar-refractivity contribution < 1.29 is 9.90 Å². The first-order valence-electron chi connectivity index (χ1n) is 7.92. The van der Waals surface area contributed by atoms with Gasteiger partial charge in [-0.25, -0.2) is 0 Å².